The fraction of sp³-hybridized carbons (Fsp3) is 0.391. The summed E-state index contributed by atoms with van der Waals surface area (Å²) in [5, 5.41) is 13.1. The molecule has 3 atom stereocenters. The quantitative estimate of drug-likeness (QED) is 0.525. The van der Waals surface area contributed by atoms with Gasteiger partial charge in [0.1, 0.15) is 5.15 Å². The SMILES string of the molecule is Cc1cc([C@@H](C)Nc2ccc(Cl)nc2C(=O)O)c2nc(N3CC4C(C3)C4(F)F)n(C)c(=O)c2c1. The van der Waals surface area contributed by atoms with Crippen LogP contribution in [0.25, 0.3) is 10.9 Å². The number of carboxylic acid groups (broad SMARTS) is 1. The number of carboxylic acids is 1. The summed E-state index contributed by atoms with van der Waals surface area (Å²) in [5.41, 5.74) is 1.72. The number of carbonyl (C=O) groups is 1. The fourth-order valence-electron chi connectivity index (χ4n) is 4.85. The van der Waals surface area contributed by atoms with Crippen molar-refractivity contribution in [1.82, 2.24) is 14.5 Å². The number of benzene rings is 1. The molecule has 2 unspecified atom stereocenters. The molecule has 0 spiro atoms. The molecular weight excluding hydrogens is 468 g/mol. The van der Waals surface area contributed by atoms with Crippen LogP contribution in [-0.4, -0.2) is 44.6 Å². The molecule has 0 amide bonds. The molecule has 1 saturated carbocycles. The molecule has 2 N–H and O–H groups in total. The first-order chi connectivity index (χ1) is 16.0. The number of rotatable bonds is 5. The number of halogens is 3. The first kappa shape index (κ1) is 22.5. The Balaban J connectivity index is 1.57. The molecule has 0 bridgehead atoms. The maximum absolute atomic E-state index is 13.7. The fourth-order valence-corrected chi connectivity index (χ4v) is 5.00. The molecule has 0 radical (unpaired) electrons. The third kappa shape index (κ3) is 3.48. The average molecular weight is 490 g/mol. The molecule has 1 aromatic carbocycles. The van der Waals surface area contributed by atoms with E-state index in [1.165, 1.54) is 16.7 Å². The zero-order valence-electron chi connectivity index (χ0n) is 18.6. The van der Waals surface area contributed by atoms with Gasteiger partial charge in [0.05, 0.1) is 34.5 Å². The van der Waals surface area contributed by atoms with E-state index in [1.807, 2.05) is 19.9 Å². The summed E-state index contributed by atoms with van der Waals surface area (Å²) in [6.07, 6.45) is 0. The van der Waals surface area contributed by atoms with Crippen molar-refractivity contribution in [3.05, 3.63) is 56.6 Å². The first-order valence-electron chi connectivity index (χ1n) is 10.8. The molecule has 178 valence electrons. The van der Waals surface area contributed by atoms with Gasteiger partial charge >= 0.3 is 5.97 Å². The third-order valence-corrected chi connectivity index (χ3v) is 6.93. The van der Waals surface area contributed by atoms with Crippen LogP contribution in [0.1, 0.15) is 34.6 Å². The molecule has 2 fully saturated rings. The molecule has 1 saturated heterocycles. The topological polar surface area (TPSA) is 100 Å². The molecule has 2 aliphatic rings. The van der Waals surface area contributed by atoms with E-state index in [2.05, 4.69) is 10.3 Å². The van der Waals surface area contributed by atoms with Crippen molar-refractivity contribution in [1.29, 1.82) is 0 Å². The summed E-state index contributed by atoms with van der Waals surface area (Å²) in [6.45, 7) is 3.97. The Morgan fingerprint density at radius 1 is 1.26 bits per heavy atom. The Kier molecular flexibility index (Phi) is 5.05. The average Bonchev–Trinajstić information content (AvgIpc) is 3.11. The highest BCUT2D eigenvalue weighted by molar-refractivity contribution is 6.29. The number of aromatic nitrogens is 3. The summed E-state index contributed by atoms with van der Waals surface area (Å²) < 4.78 is 28.8. The molecule has 1 aliphatic carbocycles. The molecule has 34 heavy (non-hydrogen) atoms. The van der Waals surface area contributed by atoms with E-state index in [0.29, 0.717) is 22.4 Å². The third-order valence-electron chi connectivity index (χ3n) is 6.72. The minimum absolute atomic E-state index is 0.0562. The van der Waals surface area contributed by atoms with Crippen molar-refractivity contribution in [2.75, 3.05) is 23.3 Å². The zero-order chi connectivity index (χ0) is 24.5. The number of alkyl halides is 2. The van der Waals surface area contributed by atoms with Crippen LogP contribution in [0, 0.1) is 18.8 Å². The smallest absolute Gasteiger partial charge is 0.356 e. The minimum Gasteiger partial charge on any atom is -0.476 e. The van der Waals surface area contributed by atoms with E-state index in [4.69, 9.17) is 16.6 Å². The van der Waals surface area contributed by atoms with Gasteiger partial charge in [-0.1, -0.05) is 17.7 Å². The molecule has 3 heterocycles. The Bertz CT molecular complexity index is 1400. The van der Waals surface area contributed by atoms with Crippen molar-refractivity contribution in [3.8, 4) is 0 Å². The lowest BCUT2D eigenvalue weighted by molar-refractivity contribution is 0.0691. The maximum Gasteiger partial charge on any atom is 0.356 e. The second-order valence-electron chi connectivity index (χ2n) is 9.02. The van der Waals surface area contributed by atoms with E-state index in [1.54, 1.807) is 18.0 Å². The van der Waals surface area contributed by atoms with E-state index in [0.717, 1.165) is 5.56 Å². The van der Waals surface area contributed by atoms with Crippen molar-refractivity contribution in [2.45, 2.75) is 25.8 Å². The predicted octanol–water partition coefficient (Wildman–Crippen LogP) is 3.86. The molecule has 2 aromatic heterocycles. The van der Waals surface area contributed by atoms with Crippen LogP contribution in [0.4, 0.5) is 20.4 Å². The highest BCUT2D eigenvalue weighted by Gasteiger charge is 2.72. The van der Waals surface area contributed by atoms with Gasteiger partial charge in [-0.15, -0.1) is 0 Å². The largest absolute Gasteiger partial charge is 0.476 e. The number of hydrogen-bond donors (Lipinski definition) is 2. The number of fused-ring (bicyclic) bond motifs is 2. The Hall–Kier alpha value is -3.27. The van der Waals surface area contributed by atoms with Gasteiger partial charge in [0, 0.05) is 25.7 Å². The summed E-state index contributed by atoms with van der Waals surface area (Å²) in [4.78, 5) is 35.2. The summed E-state index contributed by atoms with van der Waals surface area (Å²) in [6, 6.07) is 6.18. The van der Waals surface area contributed by atoms with E-state index in [9.17, 15) is 23.5 Å². The number of anilines is 2. The summed E-state index contributed by atoms with van der Waals surface area (Å²) in [7, 11) is 1.59. The van der Waals surface area contributed by atoms with Gasteiger partial charge in [0.15, 0.2) is 5.69 Å². The second kappa shape index (κ2) is 7.63. The Labute approximate surface area is 198 Å². The van der Waals surface area contributed by atoms with Gasteiger partial charge in [-0.05, 0) is 37.6 Å². The first-order valence-corrected chi connectivity index (χ1v) is 11.2. The van der Waals surface area contributed by atoms with Gasteiger partial charge in [0.25, 0.3) is 11.5 Å². The second-order valence-corrected chi connectivity index (χ2v) is 9.41. The van der Waals surface area contributed by atoms with Gasteiger partial charge in [-0.3, -0.25) is 9.36 Å². The number of nitrogens with zero attached hydrogens (tertiary/aromatic N) is 4. The van der Waals surface area contributed by atoms with Crippen LogP contribution in [-0.2, 0) is 7.05 Å². The lowest BCUT2D eigenvalue weighted by Crippen LogP contribution is -2.34. The van der Waals surface area contributed by atoms with Crippen LogP contribution in [0.2, 0.25) is 5.15 Å². The number of aryl methyl sites for hydroxylation is 1. The summed E-state index contributed by atoms with van der Waals surface area (Å²) in [5.74, 6) is -4.93. The van der Waals surface area contributed by atoms with Gasteiger partial charge in [-0.2, -0.15) is 0 Å². The molecule has 1 aliphatic heterocycles. The monoisotopic (exact) mass is 489 g/mol. The number of nitrogens with one attached hydrogen (secondary N) is 1. The van der Waals surface area contributed by atoms with Crippen LogP contribution in [0.3, 0.4) is 0 Å². The van der Waals surface area contributed by atoms with Crippen LogP contribution in [0.15, 0.2) is 29.1 Å². The highest BCUT2D eigenvalue weighted by Crippen LogP contribution is 2.59. The van der Waals surface area contributed by atoms with Crippen molar-refractivity contribution < 1.29 is 18.7 Å². The van der Waals surface area contributed by atoms with Gasteiger partial charge in [0.2, 0.25) is 5.95 Å². The van der Waals surface area contributed by atoms with E-state index >= 15 is 0 Å². The molecule has 8 nitrogen and oxygen atoms in total. The Morgan fingerprint density at radius 2 is 1.94 bits per heavy atom. The van der Waals surface area contributed by atoms with Crippen molar-refractivity contribution >= 4 is 40.1 Å². The minimum atomic E-state index is -2.64. The van der Waals surface area contributed by atoms with Gasteiger partial charge < -0.3 is 15.3 Å². The number of piperidine rings is 1. The predicted molar refractivity (Wildman–Crippen MR) is 124 cm³/mol. The molecular formula is C23H22ClF2N5O3. The summed E-state index contributed by atoms with van der Waals surface area (Å²) >= 11 is 5.86. The number of hydrogen-bond acceptors (Lipinski definition) is 6. The van der Waals surface area contributed by atoms with Gasteiger partial charge in [-0.25, -0.2) is 23.5 Å². The van der Waals surface area contributed by atoms with Crippen LogP contribution < -0.4 is 15.8 Å². The van der Waals surface area contributed by atoms with E-state index < -0.39 is 29.8 Å². The van der Waals surface area contributed by atoms with E-state index in [-0.39, 0.29) is 35.2 Å². The lowest BCUT2D eigenvalue weighted by atomic mass is 10.0. The number of pyridine rings is 1. The van der Waals surface area contributed by atoms with Crippen molar-refractivity contribution in [2.24, 2.45) is 18.9 Å². The molecule has 5 rings (SSSR count). The number of aromatic carboxylic acids is 1. The standard InChI is InChI=1S/C23H22ClF2N5O3/c1-10-6-12(11(2)27-16-4-5-17(24)28-19(16)21(33)34)18-13(7-10)20(32)30(3)22(29-18)31-8-14-15(9-31)23(14,25)26/h4-7,11,14-15,27H,8-9H2,1-3H3,(H,33,34)/t11-,14?,15?/m1/s1. The van der Waals surface area contributed by atoms with Crippen molar-refractivity contribution in [3.63, 3.8) is 0 Å². The normalized spacial score (nSPS) is 21.4. The van der Waals surface area contributed by atoms with Crippen LogP contribution in [0.5, 0.6) is 0 Å². The molecule has 3 aromatic rings. The maximum atomic E-state index is 13.7. The van der Waals surface area contributed by atoms with Crippen LogP contribution >= 0.6 is 11.6 Å². The highest BCUT2D eigenvalue weighted by atomic mass is 35.5. The Morgan fingerprint density at radius 3 is 2.59 bits per heavy atom. The zero-order valence-corrected chi connectivity index (χ0v) is 19.4. The lowest BCUT2D eigenvalue weighted by Gasteiger charge is -2.25. The molecule has 11 heteroatoms.